The van der Waals surface area contributed by atoms with Crippen molar-refractivity contribution in [3.63, 3.8) is 0 Å². The molecule has 24 heavy (non-hydrogen) atoms. The molecule has 0 aliphatic heterocycles. The Morgan fingerprint density at radius 1 is 1.21 bits per heavy atom. The number of aryl methyl sites for hydroxylation is 1. The van der Waals surface area contributed by atoms with Gasteiger partial charge < -0.3 is 10.4 Å². The van der Waals surface area contributed by atoms with Gasteiger partial charge in [0.2, 0.25) is 0 Å². The van der Waals surface area contributed by atoms with E-state index in [1.165, 1.54) is 18.2 Å². The number of benzene rings is 2. The van der Waals surface area contributed by atoms with E-state index >= 15 is 0 Å². The summed E-state index contributed by atoms with van der Waals surface area (Å²) in [7, 11) is 0. The van der Waals surface area contributed by atoms with Gasteiger partial charge in [0.05, 0.1) is 4.92 Å². The molecule has 0 aromatic heterocycles. The van der Waals surface area contributed by atoms with Gasteiger partial charge in [-0.15, -0.1) is 0 Å². The lowest BCUT2D eigenvalue weighted by Gasteiger charge is -2.15. The second kappa shape index (κ2) is 7.36. The van der Waals surface area contributed by atoms with Crippen molar-refractivity contribution >= 4 is 17.6 Å². The first-order valence-corrected chi connectivity index (χ1v) is 7.20. The largest absolute Gasteiger partial charge is 0.480 e. The molecule has 2 rings (SSSR count). The summed E-state index contributed by atoms with van der Waals surface area (Å²) in [6.45, 7) is 1.89. The Bertz CT molecular complexity index is 788. The standard InChI is InChI=1S/C17H16N2O5/c1-11-4-2-5-12(8-11)9-15(17(21)22)18-16(20)13-6-3-7-14(10-13)19(23)24/h2-8,10,15H,9H2,1H3,(H,18,20)(H,21,22)/t15-/m1/s1. The summed E-state index contributed by atoms with van der Waals surface area (Å²) in [6.07, 6.45) is 0.123. The highest BCUT2D eigenvalue weighted by atomic mass is 16.6. The fourth-order valence-corrected chi connectivity index (χ4v) is 2.28. The first-order chi connectivity index (χ1) is 11.4. The Labute approximate surface area is 138 Å². The second-order valence-electron chi connectivity index (χ2n) is 5.36. The molecule has 2 aromatic rings. The van der Waals surface area contributed by atoms with Crippen LogP contribution in [-0.4, -0.2) is 27.9 Å². The number of nitrogens with one attached hydrogen (secondary N) is 1. The van der Waals surface area contributed by atoms with Crippen LogP contribution >= 0.6 is 0 Å². The first kappa shape index (κ1) is 17.1. The highest BCUT2D eigenvalue weighted by molar-refractivity contribution is 5.97. The molecule has 1 amide bonds. The van der Waals surface area contributed by atoms with Crippen molar-refractivity contribution in [1.82, 2.24) is 5.32 Å². The predicted octanol–water partition coefficient (Wildman–Crippen LogP) is 2.33. The molecule has 124 valence electrons. The highest BCUT2D eigenvalue weighted by Gasteiger charge is 2.22. The zero-order valence-electron chi connectivity index (χ0n) is 12.9. The number of nitro groups is 1. The molecular formula is C17H16N2O5. The lowest BCUT2D eigenvalue weighted by molar-refractivity contribution is -0.384. The van der Waals surface area contributed by atoms with Crippen molar-refractivity contribution in [2.24, 2.45) is 0 Å². The minimum Gasteiger partial charge on any atom is -0.480 e. The van der Waals surface area contributed by atoms with Gasteiger partial charge in [-0.05, 0) is 18.6 Å². The number of carboxylic acid groups (broad SMARTS) is 1. The van der Waals surface area contributed by atoms with Crippen molar-refractivity contribution in [2.75, 3.05) is 0 Å². The Morgan fingerprint density at radius 2 is 1.92 bits per heavy atom. The number of carbonyl (C=O) groups excluding carboxylic acids is 1. The van der Waals surface area contributed by atoms with Crippen LogP contribution in [0.3, 0.4) is 0 Å². The molecule has 0 unspecified atom stereocenters. The molecule has 0 heterocycles. The van der Waals surface area contributed by atoms with E-state index in [-0.39, 0.29) is 17.7 Å². The highest BCUT2D eigenvalue weighted by Crippen LogP contribution is 2.14. The monoisotopic (exact) mass is 328 g/mol. The third-order valence-electron chi connectivity index (χ3n) is 3.44. The topological polar surface area (TPSA) is 110 Å². The van der Waals surface area contributed by atoms with E-state index in [0.29, 0.717) is 0 Å². The minimum atomic E-state index is -1.17. The maximum Gasteiger partial charge on any atom is 0.326 e. The van der Waals surface area contributed by atoms with Crippen molar-refractivity contribution < 1.29 is 19.6 Å². The van der Waals surface area contributed by atoms with Gasteiger partial charge in [-0.1, -0.05) is 35.9 Å². The maximum atomic E-state index is 12.2. The summed E-state index contributed by atoms with van der Waals surface area (Å²) in [5.41, 5.74) is 1.58. The summed E-state index contributed by atoms with van der Waals surface area (Å²) in [5, 5.41) is 22.5. The minimum absolute atomic E-state index is 0.0414. The number of nitro benzene ring substituents is 1. The number of carbonyl (C=O) groups is 2. The summed E-state index contributed by atoms with van der Waals surface area (Å²) in [6, 6.07) is 11.3. The molecule has 0 saturated carbocycles. The van der Waals surface area contributed by atoms with Crippen molar-refractivity contribution in [1.29, 1.82) is 0 Å². The molecule has 0 radical (unpaired) electrons. The average molecular weight is 328 g/mol. The van der Waals surface area contributed by atoms with Crippen LogP contribution in [0.4, 0.5) is 5.69 Å². The summed E-state index contributed by atoms with van der Waals surface area (Å²) in [5.74, 6) is -1.84. The van der Waals surface area contributed by atoms with Crippen molar-refractivity contribution in [3.8, 4) is 0 Å². The first-order valence-electron chi connectivity index (χ1n) is 7.20. The van der Waals surface area contributed by atoms with Crippen LogP contribution in [-0.2, 0) is 11.2 Å². The Balaban J connectivity index is 2.15. The molecule has 7 heteroatoms. The number of nitrogens with zero attached hydrogens (tertiary/aromatic N) is 1. The average Bonchev–Trinajstić information content (AvgIpc) is 2.54. The van der Waals surface area contributed by atoms with Gasteiger partial charge in [0, 0.05) is 24.1 Å². The fourth-order valence-electron chi connectivity index (χ4n) is 2.28. The van der Waals surface area contributed by atoms with Gasteiger partial charge in [0.15, 0.2) is 0 Å². The Hall–Kier alpha value is -3.22. The molecule has 0 bridgehead atoms. The summed E-state index contributed by atoms with van der Waals surface area (Å²) < 4.78 is 0. The van der Waals surface area contributed by atoms with Gasteiger partial charge in [-0.3, -0.25) is 14.9 Å². The number of hydrogen-bond acceptors (Lipinski definition) is 4. The zero-order valence-corrected chi connectivity index (χ0v) is 12.9. The van der Waals surface area contributed by atoms with Gasteiger partial charge in [0.1, 0.15) is 6.04 Å². The Kier molecular flexibility index (Phi) is 5.26. The number of aliphatic carboxylic acids is 1. The van der Waals surface area contributed by atoms with Crippen LogP contribution in [0.1, 0.15) is 21.5 Å². The van der Waals surface area contributed by atoms with Gasteiger partial charge in [0.25, 0.3) is 11.6 Å². The van der Waals surface area contributed by atoms with Gasteiger partial charge >= 0.3 is 5.97 Å². The molecule has 1 atom stereocenters. The summed E-state index contributed by atoms with van der Waals surface area (Å²) >= 11 is 0. The van der Waals surface area contributed by atoms with Crippen LogP contribution in [0.15, 0.2) is 48.5 Å². The second-order valence-corrected chi connectivity index (χ2v) is 5.36. The van der Waals surface area contributed by atoms with E-state index in [1.807, 2.05) is 25.1 Å². The van der Waals surface area contributed by atoms with Crippen molar-refractivity contribution in [2.45, 2.75) is 19.4 Å². The lowest BCUT2D eigenvalue weighted by atomic mass is 10.0. The van der Waals surface area contributed by atoms with E-state index in [0.717, 1.165) is 17.2 Å². The van der Waals surface area contributed by atoms with Crippen LogP contribution < -0.4 is 5.32 Å². The van der Waals surface area contributed by atoms with Crippen LogP contribution in [0.5, 0.6) is 0 Å². The zero-order chi connectivity index (χ0) is 17.7. The predicted molar refractivity (Wildman–Crippen MR) is 86.9 cm³/mol. The van der Waals surface area contributed by atoms with Gasteiger partial charge in [-0.25, -0.2) is 4.79 Å². The lowest BCUT2D eigenvalue weighted by Crippen LogP contribution is -2.42. The normalized spacial score (nSPS) is 11.5. The third kappa shape index (κ3) is 4.39. The number of carboxylic acids is 1. The smallest absolute Gasteiger partial charge is 0.326 e. The number of non-ortho nitro benzene ring substituents is 1. The molecule has 0 saturated heterocycles. The quantitative estimate of drug-likeness (QED) is 0.625. The van der Waals surface area contributed by atoms with E-state index < -0.39 is 22.8 Å². The van der Waals surface area contributed by atoms with Crippen LogP contribution in [0.25, 0.3) is 0 Å². The number of rotatable bonds is 6. The molecule has 0 spiro atoms. The van der Waals surface area contributed by atoms with Gasteiger partial charge in [-0.2, -0.15) is 0 Å². The molecule has 2 N–H and O–H groups in total. The van der Waals surface area contributed by atoms with E-state index in [1.54, 1.807) is 6.07 Å². The SMILES string of the molecule is Cc1cccc(C[C@@H](NC(=O)c2cccc([N+](=O)[O-])c2)C(=O)O)c1. The maximum absolute atomic E-state index is 12.2. The molecule has 0 aliphatic carbocycles. The van der Waals surface area contributed by atoms with E-state index in [9.17, 15) is 24.8 Å². The molecular weight excluding hydrogens is 312 g/mol. The van der Waals surface area contributed by atoms with Crippen LogP contribution in [0.2, 0.25) is 0 Å². The van der Waals surface area contributed by atoms with Crippen molar-refractivity contribution in [3.05, 3.63) is 75.3 Å². The molecule has 2 aromatic carbocycles. The number of hydrogen-bond donors (Lipinski definition) is 2. The van der Waals surface area contributed by atoms with E-state index in [2.05, 4.69) is 5.32 Å². The number of amides is 1. The molecule has 0 fully saturated rings. The van der Waals surface area contributed by atoms with E-state index in [4.69, 9.17) is 0 Å². The third-order valence-corrected chi connectivity index (χ3v) is 3.44. The molecule has 0 aliphatic rings. The Morgan fingerprint density at radius 3 is 2.54 bits per heavy atom. The summed E-state index contributed by atoms with van der Waals surface area (Å²) in [4.78, 5) is 33.7. The van der Waals surface area contributed by atoms with Crippen LogP contribution in [0, 0.1) is 17.0 Å². The fraction of sp³-hybridized carbons (Fsp3) is 0.176. The molecule has 7 nitrogen and oxygen atoms in total.